The number of piperidine rings is 1. The van der Waals surface area contributed by atoms with Crippen LogP contribution in [0.4, 0.5) is 25.0 Å². The molecule has 4 heterocycles. The minimum Gasteiger partial charge on any atom is -0.444 e. The molecule has 2 N–H and O–H groups in total. The molecule has 0 radical (unpaired) electrons. The van der Waals surface area contributed by atoms with Gasteiger partial charge in [-0.3, -0.25) is 9.48 Å². The third kappa shape index (κ3) is 5.43. The van der Waals surface area contributed by atoms with Crippen molar-refractivity contribution in [1.29, 1.82) is 0 Å². The first kappa shape index (κ1) is 27.4. The van der Waals surface area contributed by atoms with Crippen LogP contribution in [0.1, 0.15) is 56.6 Å². The quantitative estimate of drug-likeness (QED) is 0.371. The first-order valence-electron chi connectivity index (χ1n) is 13.1. The van der Waals surface area contributed by atoms with E-state index in [0.29, 0.717) is 42.7 Å². The maximum Gasteiger partial charge on any atom is 0.408 e. The number of rotatable bonds is 4. The van der Waals surface area contributed by atoms with E-state index in [2.05, 4.69) is 20.7 Å². The molecule has 0 saturated carbocycles. The maximum atomic E-state index is 15.6. The van der Waals surface area contributed by atoms with Gasteiger partial charge in [0, 0.05) is 55.7 Å². The number of amides is 2. The van der Waals surface area contributed by atoms with Crippen LogP contribution in [0.3, 0.4) is 0 Å². The van der Waals surface area contributed by atoms with Crippen molar-refractivity contribution in [3.8, 4) is 0 Å². The van der Waals surface area contributed by atoms with E-state index >= 15 is 4.39 Å². The Bertz CT molecular complexity index is 1630. The fourth-order valence-electron chi connectivity index (χ4n) is 5.08. The second-order valence-electron chi connectivity index (χ2n) is 11.6. The minimum absolute atomic E-state index is 0.136. The van der Waals surface area contributed by atoms with Crippen molar-refractivity contribution in [2.45, 2.75) is 58.6 Å². The van der Waals surface area contributed by atoms with Crippen LogP contribution in [0.2, 0.25) is 0 Å². The SMILES string of the molecule is Cc1cn2cc(NC(=O)c3c(F)cc(N4CCC(C)(NC(=O)OC(C)(C)C)CC4)c4cn(C)nc34)cc(F)c2n1. The molecule has 40 heavy (non-hydrogen) atoms. The number of ether oxygens (including phenoxy) is 1. The van der Waals surface area contributed by atoms with Crippen molar-refractivity contribution in [2.75, 3.05) is 23.3 Å². The first-order chi connectivity index (χ1) is 18.7. The molecular weight excluding hydrogens is 520 g/mol. The number of carbonyl (C=O) groups is 2. The number of aromatic nitrogens is 4. The summed E-state index contributed by atoms with van der Waals surface area (Å²) in [5.41, 5.74) is 0.430. The van der Waals surface area contributed by atoms with Gasteiger partial charge in [-0.2, -0.15) is 5.10 Å². The molecular formula is C28H33F2N7O3. The van der Waals surface area contributed by atoms with E-state index in [1.165, 1.54) is 21.3 Å². The number of anilines is 2. The standard InChI is InChI=1S/C28H33F2N7O3/c1-16-13-37-14-17(11-20(30)24(37)31-16)32-25(38)22-19(29)12-21(18-15-35(6)34-23(18)22)36-9-7-28(5,8-10-36)33-26(39)40-27(2,3)4/h11-15H,7-10H2,1-6H3,(H,32,38)(H,33,39). The van der Waals surface area contributed by atoms with Crippen LogP contribution in [0.15, 0.2) is 30.7 Å². The summed E-state index contributed by atoms with van der Waals surface area (Å²) in [7, 11) is 1.70. The molecule has 0 unspecified atom stereocenters. The number of hydrogen-bond donors (Lipinski definition) is 2. The van der Waals surface area contributed by atoms with Gasteiger partial charge in [-0.1, -0.05) is 0 Å². The Morgan fingerprint density at radius 3 is 2.45 bits per heavy atom. The number of benzene rings is 1. The van der Waals surface area contributed by atoms with Crippen LogP contribution in [-0.2, 0) is 11.8 Å². The van der Waals surface area contributed by atoms with Gasteiger partial charge in [-0.25, -0.2) is 18.6 Å². The molecule has 1 saturated heterocycles. The third-order valence-electron chi connectivity index (χ3n) is 6.97. The van der Waals surface area contributed by atoms with Crippen molar-refractivity contribution in [3.63, 3.8) is 0 Å². The molecule has 4 aromatic rings. The Kier molecular flexibility index (Phi) is 6.67. The number of pyridine rings is 1. The number of halogens is 2. The van der Waals surface area contributed by atoms with Gasteiger partial charge < -0.3 is 24.7 Å². The van der Waals surface area contributed by atoms with Crippen LogP contribution >= 0.6 is 0 Å². The fourth-order valence-corrected chi connectivity index (χ4v) is 5.08. The Balaban J connectivity index is 1.39. The molecule has 0 spiro atoms. The van der Waals surface area contributed by atoms with Crippen LogP contribution < -0.4 is 15.5 Å². The van der Waals surface area contributed by atoms with Crippen LogP contribution in [0.5, 0.6) is 0 Å². The zero-order valence-corrected chi connectivity index (χ0v) is 23.4. The highest BCUT2D eigenvalue weighted by atomic mass is 19.1. The molecule has 3 aromatic heterocycles. The van der Waals surface area contributed by atoms with Crippen LogP contribution in [-0.4, -0.2) is 55.4 Å². The lowest BCUT2D eigenvalue weighted by atomic mass is 9.89. The van der Waals surface area contributed by atoms with E-state index in [9.17, 15) is 14.0 Å². The number of fused-ring (bicyclic) bond motifs is 2. The zero-order chi connectivity index (χ0) is 29.0. The molecule has 1 aliphatic heterocycles. The van der Waals surface area contributed by atoms with Gasteiger partial charge in [-0.05, 0) is 53.5 Å². The number of nitrogens with zero attached hydrogens (tertiary/aromatic N) is 5. The second-order valence-corrected chi connectivity index (χ2v) is 11.6. The predicted octanol–water partition coefficient (Wildman–Crippen LogP) is 4.94. The summed E-state index contributed by atoms with van der Waals surface area (Å²) in [5, 5.41) is 10.6. The van der Waals surface area contributed by atoms with Gasteiger partial charge in [0.2, 0.25) is 0 Å². The van der Waals surface area contributed by atoms with Crippen molar-refractivity contribution < 1.29 is 23.1 Å². The summed E-state index contributed by atoms with van der Waals surface area (Å²) in [5.74, 6) is -2.09. The van der Waals surface area contributed by atoms with Gasteiger partial charge in [0.15, 0.2) is 11.5 Å². The molecule has 1 aliphatic rings. The summed E-state index contributed by atoms with van der Waals surface area (Å²) in [4.78, 5) is 31.8. The van der Waals surface area contributed by atoms with Crippen molar-refractivity contribution >= 4 is 39.9 Å². The molecule has 0 aliphatic carbocycles. The highest BCUT2D eigenvalue weighted by Crippen LogP contribution is 2.35. The van der Waals surface area contributed by atoms with Crippen molar-refractivity contribution in [2.24, 2.45) is 7.05 Å². The van der Waals surface area contributed by atoms with Crippen molar-refractivity contribution in [3.05, 3.63) is 53.6 Å². The first-order valence-corrected chi connectivity index (χ1v) is 13.1. The van der Waals surface area contributed by atoms with E-state index in [-0.39, 0.29) is 22.4 Å². The maximum absolute atomic E-state index is 15.6. The van der Waals surface area contributed by atoms with E-state index < -0.39 is 34.8 Å². The molecule has 5 rings (SSSR count). The molecule has 12 heteroatoms. The number of hydrogen-bond acceptors (Lipinski definition) is 6. The van der Waals surface area contributed by atoms with E-state index in [0.717, 1.165) is 6.07 Å². The lowest BCUT2D eigenvalue weighted by Gasteiger charge is -2.41. The smallest absolute Gasteiger partial charge is 0.408 e. The topological polar surface area (TPSA) is 106 Å². The van der Waals surface area contributed by atoms with Gasteiger partial charge >= 0.3 is 6.09 Å². The predicted molar refractivity (Wildman–Crippen MR) is 148 cm³/mol. The third-order valence-corrected chi connectivity index (χ3v) is 6.97. The molecule has 0 atom stereocenters. The van der Waals surface area contributed by atoms with Crippen LogP contribution in [0, 0.1) is 18.6 Å². The highest BCUT2D eigenvalue weighted by molar-refractivity contribution is 6.14. The summed E-state index contributed by atoms with van der Waals surface area (Å²) >= 11 is 0. The van der Waals surface area contributed by atoms with Crippen molar-refractivity contribution in [1.82, 2.24) is 24.5 Å². The highest BCUT2D eigenvalue weighted by Gasteiger charge is 2.34. The number of imidazole rings is 1. The molecule has 0 bridgehead atoms. The fraction of sp³-hybridized carbons (Fsp3) is 0.429. The van der Waals surface area contributed by atoms with Gasteiger partial charge in [-0.15, -0.1) is 0 Å². The molecule has 212 valence electrons. The largest absolute Gasteiger partial charge is 0.444 e. The van der Waals surface area contributed by atoms with E-state index in [4.69, 9.17) is 4.74 Å². The number of nitrogens with one attached hydrogen (secondary N) is 2. The Morgan fingerprint density at radius 1 is 1.07 bits per heavy atom. The normalized spacial score (nSPS) is 15.4. The molecule has 1 aromatic carbocycles. The van der Waals surface area contributed by atoms with E-state index in [1.807, 2.05) is 32.6 Å². The van der Waals surface area contributed by atoms with Gasteiger partial charge in [0.25, 0.3) is 5.91 Å². The summed E-state index contributed by atoms with van der Waals surface area (Å²) in [6, 6.07) is 2.49. The molecule has 2 amide bonds. The summed E-state index contributed by atoms with van der Waals surface area (Å²) < 4.78 is 38.6. The lowest BCUT2D eigenvalue weighted by molar-refractivity contribution is 0.0448. The van der Waals surface area contributed by atoms with Gasteiger partial charge in [0.1, 0.15) is 22.5 Å². The van der Waals surface area contributed by atoms with E-state index in [1.54, 1.807) is 26.4 Å². The Hall–Kier alpha value is -4.22. The van der Waals surface area contributed by atoms with Crippen LogP contribution in [0.25, 0.3) is 16.6 Å². The number of aryl methyl sites for hydroxylation is 2. The Morgan fingerprint density at radius 2 is 1.77 bits per heavy atom. The molecule has 10 nitrogen and oxygen atoms in total. The average Bonchev–Trinajstić information content (AvgIpc) is 3.39. The second kappa shape index (κ2) is 9.76. The Labute approximate surface area is 230 Å². The summed E-state index contributed by atoms with van der Waals surface area (Å²) in [6.45, 7) is 10.2. The zero-order valence-electron chi connectivity index (χ0n) is 23.4. The molecule has 1 fully saturated rings. The lowest BCUT2D eigenvalue weighted by Crippen LogP contribution is -2.54. The average molecular weight is 554 g/mol. The van der Waals surface area contributed by atoms with Gasteiger partial charge in [0.05, 0.1) is 17.1 Å². The monoisotopic (exact) mass is 553 g/mol. The number of carbonyl (C=O) groups excluding carboxylic acids is 2. The number of alkyl carbamates (subject to hydrolysis) is 1. The summed E-state index contributed by atoms with van der Waals surface area (Å²) in [6.07, 6.45) is 5.65. The minimum atomic E-state index is -0.740.